The predicted octanol–water partition coefficient (Wildman–Crippen LogP) is 5.99. The van der Waals surface area contributed by atoms with Gasteiger partial charge in [-0.15, -0.1) is 0 Å². The van der Waals surface area contributed by atoms with Crippen molar-refractivity contribution >= 4 is 17.7 Å². The molecule has 1 heterocycles. The summed E-state index contributed by atoms with van der Waals surface area (Å²) in [7, 11) is 3.32. The van der Waals surface area contributed by atoms with Crippen LogP contribution in [0.25, 0.3) is 0 Å². The molecule has 3 aromatic carbocycles. The van der Waals surface area contributed by atoms with E-state index in [0.717, 1.165) is 47.6 Å². The Morgan fingerprint density at radius 3 is 2.39 bits per heavy atom. The summed E-state index contributed by atoms with van der Waals surface area (Å²) in [5.74, 6) is 1.34. The van der Waals surface area contributed by atoms with Gasteiger partial charge in [0.05, 0.1) is 39.6 Å². The number of amides is 2. The van der Waals surface area contributed by atoms with Gasteiger partial charge in [-0.1, -0.05) is 48.5 Å². The lowest BCUT2D eigenvalue weighted by atomic mass is 9.87. The molecule has 2 atom stereocenters. The van der Waals surface area contributed by atoms with Crippen LogP contribution in [0.1, 0.15) is 42.7 Å². The predicted molar refractivity (Wildman–Crippen MR) is 176 cm³/mol. The fraction of sp³-hybridized carbons (Fsp3) is 0.444. The molecule has 0 aliphatic carbocycles. The number of benzene rings is 3. The standard InChI is InChI=1S/C36H46N2O8/c1-42-22-9-8-20-38(30-12-4-3-5-13-30)35(39)27-46-34-25-37(36(40)41)21-19-32(34)28-15-17-31(18-16-28)45-24-10-23-44-26-29-11-6-7-14-33(29)43-2/h3-7,11-18,32,34H,8-10,19-27H2,1-2H3,(H,40,41). The summed E-state index contributed by atoms with van der Waals surface area (Å²) < 4.78 is 28.5. The summed E-state index contributed by atoms with van der Waals surface area (Å²) in [6, 6.07) is 25.2. The first kappa shape index (κ1) is 34.7. The second kappa shape index (κ2) is 18.8. The fourth-order valence-electron chi connectivity index (χ4n) is 5.59. The molecule has 2 unspecified atom stereocenters. The van der Waals surface area contributed by atoms with Crippen molar-refractivity contribution in [2.45, 2.75) is 44.3 Å². The van der Waals surface area contributed by atoms with Crippen LogP contribution >= 0.6 is 0 Å². The lowest BCUT2D eigenvalue weighted by Gasteiger charge is -2.37. The Balaban J connectivity index is 1.30. The van der Waals surface area contributed by atoms with Crippen molar-refractivity contribution < 1.29 is 38.4 Å². The monoisotopic (exact) mass is 634 g/mol. The van der Waals surface area contributed by atoms with Crippen LogP contribution in [-0.2, 0) is 25.6 Å². The number of unbranched alkanes of at least 4 members (excludes halogenated alkanes) is 1. The summed E-state index contributed by atoms with van der Waals surface area (Å²) in [6.07, 6.45) is 1.50. The lowest BCUT2D eigenvalue weighted by molar-refractivity contribution is -0.126. The van der Waals surface area contributed by atoms with Crippen molar-refractivity contribution in [3.8, 4) is 11.5 Å². The molecular formula is C36H46N2O8. The molecule has 0 spiro atoms. The molecule has 1 N–H and O–H groups in total. The van der Waals surface area contributed by atoms with Gasteiger partial charge in [-0.05, 0) is 55.2 Å². The van der Waals surface area contributed by atoms with E-state index in [1.807, 2.05) is 78.9 Å². The number of rotatable bonds is 18. The minimum absolute atomic E-state index is 0.0623. The number of carbonyl (C=O) groups excluding carboxylic acids is 1. The van der Waals surface area contributed by atoms with E-state index in [-0.39, 0.29) is 25.0 Å². The van der Waals surface area contributed by atoms with E-state index in [0.29, 0.717) is 45.9 Å². The summed E-state index contributed by atoms with van der Waals surface area (Å²) in [4.78, 5) is 28.3. The van der Waals surface area contributed by atoms with E-state index < -0.39 is 12.2 Å². The van der Waals surface area contributed by atoms with Crippen molar-refractivity contribution in [1.82, 2.24) is 4.90 Å². The Morgan fingerprint density at radius 2 is 1.65 bits per heavy atom. The zero-order chi connectivity index (χ0) is 32.6. The largest absolute Gasteiger partial charge is 0.496 e. The van der Waals surface area contributed by atoms with Gasteiger partial charge in [0.25, 0.3) is 5.91 Å². The molecule has 1 saturated heterocycles. The molecule has 2 amide bonds. The van der Waals surface area contributed by atoms with E-state index >= 15 is 0 Å². The van der Waals surface area contributed by atoms with Gasteiger partial charge in [0.2, 0.25) is 0 Å². The average molecular weight is 635 g/mol. The van der Waals surface area contributed by atoms with Crippen molar-refractivity contribution in [3.63, 3.8) is 0 Å². The minimum Gasteiger partial charge on any atom is -0.496 e. The van der Waals surface area contributed by atoms with Gasteiger partial charge in [-0.2, -0.15) is 0 Å². The van der Waals surface area contributed by atoms with Crippen molar-refractivity contribution in [2.75, 3.05) is 65.2 Å². The molecule has 248 valence electrons. The highest BCUT2D eigenvalue weighted by atomic mass is 16.5. The number of hydrogen-bond acceptors (Lipinski definition) is 7. The van der Waals surface area contributed by atoms with E-state index in [1.165, 1.54) is 4.90 Å². The van der Waals surface area contributed by atoms with Crippen molar-refractivity contribution in [2.24, 2.45) is 0 Å². The van der Waals surface area contributed by atoms with Gasteiger partial charge in [-0.3, -0.25) is 4.79 Å². The van der Waals surface area contributed by atoms with Crippen LogP contribution in [0.15, 0.2) is 78.9 Å². The number of piperidine rings is 1. The summed E-state index contributed by atoms with van der Waals surface area (Å²) >= 11 is 0. The van der Waals surface area contributed by atoms with Gasteiger partial charge in [0, 0.05) is 50.4 Å². The molecule has 4 rings (SSSR count). The molecule has 3 aromatic rings. The summed E-state index contributed by atoms with van der Waals surface area (Å²) in [5.41, 5.74) is 2.84. The number of anilines is 1. The maximum absolute atomic E-state index is 13.4. The number of likely N-dealkylation sites (tertiary alicyclic amines) is 1. The summed E-state index contributed by atoms with van der Waals surface area (Å²) in [5, 5.41) is 9.68. The van der Waals surface area contributed by atoms with Gasteiger partial charge in [-0.25, -0.2) is 4.79 Å². The zero-order valence-electron chi connectivity index (χ0n) is 26.8. The molecule has 1 fully saturated rings. The third-order valence-corrected chi connectivity index (χ3v) is 8.06. The van der Waals surface area contributed by atoms with E-state index in [9.17, 15) is 14.7 Å². The molecule has 46 heavy (non-hydrogen) atoms. The Kier molecular flexibility index (Phi) is 14.2. The van der Waals surface area contributed by atoms with Crippen LogP contribution in [0.3, 0.4) is 0 Å². The third kappa shape index (κ3) is 10.5. The first-order chi connectivity index (χ1) is 22.5. The van der Waals surface area contributed by atoms with Crippen molar-refractivity contribution in [3.05, 3.63) is 90.0 Å². The van der Waals surface area contributed by atoms with Gasteiger partial charge in [0.1, 0.15) is 18.1 Å². The maximum atomic E-state index is 13.4. The van der Waals surface area contributed by atoms with E-state index in [2.05, 4.69) is 0 Å². The topological polar surface area (TPSA) is 107 Å². The van der Waals surface area contributed by atoms with Crippen LogP contribution in [-0.4, -0.2) is 88.4 Å². The van der Waals surface area contributed by atoms with Crippen LogP contribution in [0.5, 0.6) is 11.5 Å². The number of methoxy groups -OCH3 is 2. The quantitative estimate of drug-likeness (QED) is 0.170. The summed E-state index contributed by atoms with van der Waals surface area (Å²) in [6.45, 7) is 3.17. The Hall–Kier alpha value is -4.12. The van der Waals surface area contributed by atoms with Gasteiger partial charge in [0.15, 0.2) is 0 Å². The highest BCUT2D eigenvalue weighted by molar-refractivity contribution is 5.94. The van der Waals surface area contributed by atoms with E-state index in [4.69, 9.17) is 23.7 Å². The number of hydrogen-bond donors (Lipinski definition) is 1. The maximum Gasteiger partial charge on any atom is 0.407 e. The number of ether oxygens (including phenoxy) is 5. The molecule has 0 bridgehead atoms. The Morgan fingerprint density at radius 1 is 0.891 bits per heavy atom. The minimum atomic E-state index is -0.988. The third-order valence-electron chi connectivity index (χ3n) is 8.06. The average Bonchev–Trinajstić information content (AvgIpc) is 3.09. The molecule has 10 nitrogen and oxygen atoms in total. The van der Waals surface area contributed by atoms with Crippen LogP contribution in [0, 0.1) is 0 Å². The molecule has 10 heteroatoms. The highest BCUT2D eigenvalue weighted by Gasteiger charge is 2.34. The number of para-hydroxylation sites is 2. The molecule has 1 aliphatic heterocycles. The Labute approximate surface area is 271 Å². The van der Waals surface area contributed by atoms with Gasteiger partial charge >= 0.3 is 6.09 Å². The number of nitrogens with zero attached hydrogens (tertiary/aromatic N) is 2. The van der Waals surface area contributed by atoms with Crippen LogP contribution < -0.4 is 14.4 Å². The van der Waals surface area contributed by atoms with Gasteiger partial charge < -0.3 is 38.6 Å². The lowest BCUT2D eigenvalue weighted by Crippen LogP contribution is -2.47. The number of carboxylic acid groups (broad SMARTS) is 1. The van der Waals surface area contributed by atoms with Crippen LogP contribution in [0.4, 0.5) is 10.5 Å². The second-order valence-corrected chi connectivity index (χ2v) is 11.2. The second-order valence-electron chi connectivity index (χ2n) is 11.2. The first-order valence-corrected chi connectivity index (χ1v) is 15.9. The van der Waals surface area contributed by atoms with Crippen LogP contribution in [0.2, 0.25) is 0 Å². The molecule has 0 aromatic heterocycles. The smallest absolute Gasteiger partial charge is 0.407 e. The van der Waals surface area contributed by atoms with E-state index in [1.54, 1.807) is 19.1 Å². The zero-order valence-corrected chi connectivity index (χ0v) is 26.8. The number of carbonyl (C=O) groups is 2. The molecule has 1 aliphatic rings. The normalized spacial score (nSPS) is 16.2. The first-order valence-electron chi connectivity index (χ1n) is 15.9. The van der Waals surface area contributed by atoms with Crippen molar-refractivity contribution in [1.29, 1.82) is 0 Å². The molecule has 0 saturated carbocycles. The Bertz CT molecular complexity index is 1340. The molecule has 0 radical (unpaired) electrons. The highest BCUT2D eigenvalue weighted by Crippen LogP contribution is 2.32. The fourth-order valence-corrected chi connectivity index (χ4v) is 5.59. The molecular weight excluding hydrogens is 588 g/mol. The SMILES string of the molecule is COCCCCN(C(=O)COC1CN(C(=O)O)CCC1c1ccc(OCCCOCc2ccccc2OC)cc1)c1ccccc1.